The van der Waals surface area contributed by atoms with Crippen LogP contribution in [0.2, 0.25) is 0 Å². The Labute approximate surface area is 150 Å². The number of piperidine rings is 1. The molecule has 0 radical (unpaired) electrons. The van der Waals surface area contributed by atoms with Gasteiger partial charge in [0, 0.05) is 65.3 Å². The third kappa shape index (κ3) is 4.22. The summed E-state index contributed by atoms with van der Waals surface area (Å²) >= 11 is 0. The summed E-state index contributed by atoms with van der Waals surface area (Å²) in [6.45, 7) is 5.37. The van der Waals surface area contributed by atoms with E-state index in [1.165, 1.54) is 0 Å². The van der Waals surface area contributed by atoms with E-state index in [0.29, 0.717) is 18.4 Å². The molecule has 2 atom stereocenters. The van der Waals surface area contributed by atoms with Crippen LogP contribution in [-0.2, 0) is 0 Å². The lowest BCUT2D eigenvalue weighted by Crippen LogP contribution is -2.40. The maximum Gasteiger partial charge on any atom is 0.171 e. The first kappa shape index (κ1) is 18.4. The third-order valence-electron chi connectivity index (χ3n) is 5.65. The second-order valence-corrected chi connectivity index (χ2v) is 7.63. The standard InChI is InChI=1S/C18H31N5O2/c1-21(2)17-18(20-6-5-19-17)23-10-15(16(11-23)13-25)9-22-7-3-14(12-24)4-8-22/h5-6,14-16,24-25H,3-4,7-13H2,1-2H3/t15-,16-/m1/s1. The van der Waals surface area contributed by atoms with E-state index in [1.807, 2.05) is 19.0 Å². The lowest BCUT2D eigenvalue weighted by Gasteiger charge is -2.33. The topological polar surface area (TPSA) is 76.0 Å². The zero-order chi connectivity index (χ0) is 17.8. The highest BCUT2D eigenvalue weighted by atomic mass is 16.3. The van der Waals surface area contributed by atoms with Gasteiger partial charge in [-0.05, 0) is 37.8 Å². The summed E-state index contributed by atoms with van der Waals surface area (Å²) in [5, 5.41) is 19.2. The van der Waals surface area contributed by atoms with Gasteiger partial charge in [-0.1, -0.05) is 0 Å². The molecule has 3 rings (SSSR count). The fourth-order valence-electron chi connectivity index (χ4n) is 4.07. The first-order valence-corrected chi connectivity index (χ1v) is 9.29. The Morgan fingerprint density at radius 3 is 2.36 bits per heavy atom. The van der Waals surface area contributed by atoms with Crippen molar-refractivity contribution in [3.05, 3.63) is 12.4 Å². The van der Waals surface area contributed by atoms with Crippen LogP contribution in [0, 0.1) is 17.8 Å². The van der Waals surface area contributed by atoms with Gasteiger partial charge in [0.25, 0.3) is 0 Å². The molecule has 0 aromatic carbocycles. The summed E-state index contributed by atoms with van der Waals surface area (Å²) in [5.74, 6) is 2.96. The summed E-state index contributed by atoms with van der Waals surface area (Å²) in [6, 6.07) is 0. The van der Waals surface area contributed by atoms with Crippen LogP contribution in [0.4, 0.5) is 11.6 Å². The molecular weight excluding hydrogens is 318 g/mol. The molecule has 1 aromatic heterocycles. The number of hydrogen-bond acceptors (Lipinski definition) is 7. The van der Waals surface area contributed by atoms with Crippen LogP contribution >= 0.6 is 0 Å². The molecule has 0 saturated carbocycles. The number of anilines is 2. The minimum Gasteiger partial charge on any atom is -0.396 e. The van der Waals surface area contributed by atoms with Crippen molar-refractivity contribution in [1.29, 1.82) is 0 Å². The Balaban J connectivity index is 1.65. The largest absolute Gasteiger partial charge is 0.396 e. The molecule has 7 heteroatoms. The molecule has 1 aromatic rings. The molecule has 7 nitrogen and oxygen atoms in total. The van der Waals surface area contributed by atoms with Crippen molar-refractivity contribution in [3.63, 3.8) is 0 Å². The zero-order valence-electron chi connectivity index (χ0n) is 15.4. The van der Waals surface area contributed by atoms with Crippen LogP contribution in [0.15, 0.2) is 12.4 Å². The predicted octanol–water partition coefficient (Wildman–Crippen LogP) is 0.292. The number of aliphatic hydroxyl groups is 2. The van der Waals surface area contributed by atoms with Gasteiger partial charge in [-0.15, -0.1) is 0 Å². The summed E-state index contributed by atoms with van der Waals surface area (Å²) in [4.78, 5) is 15.8. The smallest absolute Gasteiger partial charge is 0.171 e. The normalized spacial score (nSPS) is 25.5. The average molecular weight is 349 g/mol. The number of aliphatic hydroxyl groups excluding tert-OH is 2. The van der Waals surface area contributed by atoms with Crippen molar-refractivity contribution in [2.24, 2.45) is 17.8 Å². The van der Waals surface area contributed by atoms with E-state index in [9.17, 15) is 10.2 Å². The molecule has 3 heterocycles. The SMILES string of the molecule is CN(C)c1nccnc1N1C[C@@H](CN2CCC(CO)CC2)[C@@H](CO)C1. The van der Waals surface area contributed by atoms with Crippen molar-refractivity contribution in [1.82, 2.24) is 14.9 Å². The average Bonchev–Trinajstić information content (AvgIpc) is 3.05. The van der Waals surface area contributed by atoms with Crippen LogP contribution in [-0.4, -0.2) is 85.1 Å². The summed E-state index contributed by atoms with van der Waals surface area (Å²) in [7, 11) is 3.96. The Morgan fingerprint density at radius 1 is 1.04 bits per heavy atom. The molecule has 0 unspecified atom stereocenters. The van der Waals surface area contributed by atoms with Gasteiger partial charge in [0.2, 0.25) is 0 Å². The van der Waals surface area contributed by atoms with Crippen molar-refractivity contribution in [2.75, 3.05) is 69.8 Å². The minimum absolute atomic E-state index is 0.214. The molecule has 0 aliphatic carbocycles. The van der Waals surface area contributed by atoms with E-state index < -0.39 is 0 Å². The molecule has 0 spiro atoms. The highest BCUT2D eigenvalue weighted by Gasteiger charge is 2.36. The van der Waals surface area contributed by atoms with Gasteiger partial charge in [-0.3, -0.25) is 0 Å². The monoisotopic (exact) mass is 349 g/mol. The molecule has 25 heavy (non-hydrogen) atoms. The number of rotatable bonds is 6. The van der Waals surface area contributed by atoms with E-state index in [1.54, 1.807) is 12.4 Å². The summed E-state index contributed by atoms with van der Waals surface area (Å²) in [5.41, 5.74) is 0. The van der Waals surface area contributed by atoms with E-state index in [2.05, 4.69) is 19.8 Å². The molecule has 0 amide bonds. The van der Waals surface area contributed by atoms with E-state index >= 15 is 0 Å². The number of aromatic nitrogens is 2. The van der Waals surface area contributed by atoms with Crippen LogP contribution in [0.25, 0.3) is 0 Å². The Bertz CT molecular complexity index is 548. The first-order chi connectivity index (χ1) is 12.1. The molecule has 2 N–H and O–H groups in total. The van der Waals surface area contributed by atoms with Gasteiger partial charge in [0.05, 0.1) is 0 Å². The maximum absolute atomic E-state index is 9.86. The summed E-state index contributed by atoms with van der Waals surface area (Å²) in [6.07, 6.45) is 5.61. The fraction of sp³-hybridized carbons (Fsp3) is 0.778. The predicted molar refractivity (Wildman–Crippen MR) is 98.9 cm³/mol. The third-order valence-corrected chi connectivity index (χ3v) is 5.65. The molecule has 2 aliphatic rings. The van der Waals surface area contributed by atoms with Gasteiger partial charge >= 0.3 is 0 Å². The lowest BCUT2D eigenvalue weighted by molar-refractivity contribution is 0.106. The molecule has 2 aliphatic heterocycles. The highest BCUT2D eigenvalue weighted by molar-refractivity contribution is 5.62. The van der Waals surface area contributed by atoms with Gasteiger partial charge in [-0.2, -0.15) is 0 Å². The van der Waals surface area contributed by atoms with Crippen LogP contribution in [0.3, 0.4) is 0 Å². The molecular formula is C18H31N5O2. The van der Waals surface area contributed by atoms with E-state index in [0.717, 1.165) is 57.2 Å². The van der Waals surface area contributed by atoms with Crippen molar-refractivity contribution >= 4 is 11.6 Å². The zero-order valence-corrected chi connectivity index (χ0v) is 15.4. The van der Waals surface area contributed by atoms with Crippen molar-refractivity contribution in [2.45, 2.75) is 12.8 Å². The number of hydrogen-bond donors (Lipinski definition) is 2. The first-order valence-electron chi connectivity index (χ1n) is 9.29. The Hall–Kier alpha value is -1.44. The van der Waals surface area contributed by atoms with Crippen molar-refractivity contribution in [3.8, 4) is 0 Å². The molecule has 140 valence electrons. The fourth-order valence-corrected chi connectivity index (χ4v) is 4.07. The second-order valence-electron chi connectivity index (χ2n) is 7.63. The molecule has 2 fully saturated rings. The summed E-state index contributed by atoms with van der Waals surface area (Å²) < 4.78 is 0. The van der Waals surface area contributed by atoms with Gasteiger partial charge in [0.15, 0.2) is 11.6 Å². The highest BCUT2D eigenvalue weighted by Crippen LogP contribution is 2.32. The van der Waals surface area contributed by atoms with Gasteiger partial charge in [-0.25, -0.2) is 9.97 Å². The maximum atomic E-state index is 9.86. The van der Waals surface area contributed by atoms with Crippen molar-refractivity contribution < 1.29 is 10.2 Å². The molecule has 0 bridgehead atoms. The van der Waals surface area contributed by atoms with Crippen LogP contribution in [0.5, 0.6) is 0 Å². The lowest BCUT2D eigenvalue weighted by atomic mass is 9.93. The Morgan fingerprint density at radius 2 is 1.72 bits per heavy atom. The second kappa shape index (κ2) is 8.29. The van der Waals surface area contributed by atoms with Gasteiger partial charge < -0.3 is 24.9 Å². The van der Waals surface area contributed by atoms with Gasteiger partial charge in [0.1, 0.15) is 0 Å². The number of likely N-dealkylation sites (tertiary alicyclic amines) is 1. The minimum atomic E-state index is 0.214. The number of nitrogens with zero attached hydrogens (tertiary/aromatic N) is 5. The van der Waals surface area contributed by atoms with E-state index in [-0.39, 0.29) is 12.5 Å². The van der Waals surface area contributed by atoms with Crippen LogP contribution < -0.4 is 9.80 Å². The van der Waals surface area contributed by atoms with Crippen LogP contribution in [0.1, 0.15) is 12.8 Å². The quantitative estimate of drug-likeness (QED) is 0.764. The molecule has 2 saturated heterocycles. The Kier molecular flexibility index (Phi) is 6.09. The van der Waals surface area contributed by atoms with E-state index in [4.69, 9.17) is 0 Å².